The van der Waals surface area contributed by atoms with E-state index in [1.165, 1.54) is 16.9 Å². The third-order valence-corrected chi connectivity index (χ3v) is 4.98. The number of aromatic amines is 1. The highest BCUT2D eigenvalue weighted by atomic mass is 32.1. The van der Waals surface area contributed by atoms with Crippen LogP contribution in [-0.2, 0) is 6.42 Å². The number of carbonyl (C=O) groups excluding carboxylic acids is 2. The summed E-state index contributed by atoms with van der Waals surface area (Å²) < 4.78 is 0. The van der Waals surface area contributed by atoms with Crippen LogP contribution >= 0.6 is 11.3 Å². The van der Waals surface area contributed by atoms with Gasteiger partial charge in [0.2, 0.25) is 0 Å². The third-order valence-electron chi connectivity index (χ3n) is 3.89. The largest absolute Gasteiger partial charge is 0.360 e. The maximum atomic E-state index is 12.3. The van der Waals surface area contributed by atoms with E-state index >= 15 is 0 Å². The Kier molecular flexibility index (Phi) is 4.66. The molecule has 5 nitrogen and oxygen atoms in total. The fourth-order valence-corrected chi connectivity index (χ4v) is 3.62. The predicted octanol–water partition coefficient (Wildman–Crippen LogP) is 3.57. The first-order chi connectivity index (χ1) is 11.6. The van der Waals surface area contributed by atoms with Crippen molar-refractivity contribution in [1.82, 2.24) is 15.8 Å². The van der Waals surface area contributed by atoms with E-state index in [1.807, 2.05) is 37.3 Å². The predicted molar refractivity (Wildman–Crippen MR) is 96.3 cm³/mol. The number of fused-ring (bicyclic) bond motifs is 1. The molecule has 6 heteroatoms. The molecule has 0 aliphatic carbocycles. The lowest BCUT2D eigenvalue weighted by Gasteiger charge is -2.05. The average Bonchev–Trinajstić information content (AvgIpc) is 3.17. The molecule has 0 saturated carbocycles. The van der Waals surface area contributed by atoms with Gasteiger partial charge in [0, 0.05) is 22.0 Å². The summed E-state index contributed by atoms with van der Waals surface area (Å²) in [6.45, 7) is 4.12. The van der Waals surface area contributed by atoms with Crippen LogP contribution < -0.4 is 10.9 Å². The molecule has 0 saturated heterocycles. The molecule has 0 aliphatic heterocycles. The van der Waals surface area contributed by atoms with Crippen molar-refractivity contribution in [2.24, 2.45) is 0 Å². The van der Waals surface area contributed by atoms with Crippen molar-refractivity contribution in [3.05, 3.63) is 57.4 Å². The zero-order chi connectivity index (χ0) is 17.1. The van der Waals surface area contributed by atoms with Gasteiger partial charge in [0.15, 0.2) is 0 Å². The van der Waals surface area contributed by atoms with Crippen molar-refractivity contribution in [3.8, 4) is 0 Å². The molecule has 3 N–H and O–H groups in total. The van der Waals surface area contributed by atoms with Crippen LogP contribution in [0.4, 0.5) is 0 Å². The molecule has 0 fully saturated rings. The Bertz CT molecular complexity index is 895. The fourth-order valence-electron chi connectivity index (χ4n) is 2.65. The van der Waals surface area contributed by atoms with Crippen LogP contribution in [0.5, 0.6) is 0 Å². The number of para-hydroxylation sites is 1. The first kappa shape index (κ1) is 16.3. The summed E-state index contributed by atoms with van der Waals surface area (Å²) in [5.41, 5.74) is 7.55. The van der Waals surface area contributed by atoms with Gasteiger partial charge in [0.05, 0.1) is 10.4 Å². The number of nitrogens with one attached hydrogen (secondary N) is 3. The highest BCUT2D eigenvalue weighted by molar-refractivity contribution is 7.14. The number of thiophene rings is 1. The second kappa shape index (κ2) is 6.88. The van der Waals surface area contributed by atoms with Crippen molar-refractivity contribution in [1.29, 1.82) is 0 Å². The van der Waals surface area contributed by atoms with Crippen LogP contribution in [0.1, 0.15) is 43.8 Å². The third kappa shape index (κ3) is 3.19. The van der Waals surface area contributed by atoms with E-state index in [-0.39, 0.29) is 11.8 Å². The van der Waals surface area contributed by atoms with Gasteiger partial charge in [-0.15, -0.1) is 11.3 Å². The lowest BCUT2D eigenvalue weighted by Crippen LogP contribution is -2.41. The average molecular weight is 341 g/mol. The minimum atomic E-state index is -0.345. The topological polar surface area (TPSA) is 74.0 Å². The molecule has 3 rings (SSSR count). The number of benzene rings is 1. The minimum Gasteiger partial charge on any atom is -0.360 e. The first-order valence-corrected chi connectivity index (χ1v) is 8.68. The van der Waals surface area contributed by atoms with Gasteiger partial charge in [0.25, 0.3) is 11.8 Å². The Balaban J connectivity index is 1.68. The van der Waals surface area contributed by atoms with Crippen molar-refractivity contribution in [2.75, 3.05) is 0 Å². The van der Waals surface area contributed by atoms with Crippen LogP contribution in [0.25, 0.3) is 10.9 Å². The molecular formula is C18H19N3O2S. The first-order valence-electron chi connectivity index (χ1n) is 7.86. The summed E-state index contributed by atoms with van der Waals surface area (Å²) >= 11 is 1.44. The van der Waals surface area contributed by atoms with E-state index in [4.69, 9.17) is 0 Å². The monoisotopic (exact) mass is 341 g/mol. The molecule has 2 aromatic heterocycles. The number of hydrogen-bond donors (Lipinski definition) is 3. The quantitative estimate of drug-likeness (QED) is 0.635. The molecule has 0 aliphatic rings. The van der Waals surface area contributed by atoms with Gasteiger partial charge in [0.1, 0.15) is 0 Å². The lowest BCUT2D eigenvalue weighted by atomic mass is 10.1. The Hall–Kier alpha value is -2.60. The molecule has 0 spiro atoms. The van der Waals surface area contributed by atoms with E-state index in [0.717, 1.165) is 28.6 Å². The summed E-state index contributed by atoms with van der Waals surface area (Å²) in [4.78, 5) is 29.3. The highest BCUT2D eigenvalue weighted by Gasteiger charge is 2.15. The van der Waals surface area contributed by atoms with Gasteiger partial charge in [-0.2, -0.15) is 0 Å². The van der Waals surface area contributed by atoms with Crippen LogP contribution in [0.3, 0.4) is 0 Å². The second-order valence-corrected chi connectivity index (χ2v) is 6.85. The summed E-state index contributed by atoms with van der Waals surface area (Å²) in [5, 5.41) is 0.821. The van der Waals surface area contributed by atoms with E-state index < -0.39 is 0 Å². The Labute approximate surface area is 144 Å². The Morgan fingerprint density at radius 1 is 1.17 bits per heavy atom. The summed E-state index contributed by atoms with van der Waals surface area (Å²) in [6, 6.07) is 9.43. The number of aromatic nitrogens is 1. The van der Waals surface area contributed by atoms with Gasteiger partial charge in [-0.1, -0.05) is 31.5 Å². The molecule has 0 atom stereocenters. The molecule has 2 amide bonds. The van der Waals surface area contributed by atoms with E-state index in [1.54, 1.807) is 6.20 Å². The van der Waals surface area contributed by atoms with Crippen LogP contribution in [-0.4, -0.2) is 16.8 Å². The van der Waals surface area contributed by atoms with Crippen LogP contribution in [0.2, 0.25) is 0 Å². The summed E-state index contributed by atoms with van der Waals surface area (Å²) in [5.74, 6) is -0.637. The van der Waals surface area contributed by atoms with Gasteiger partial charge >= 0.3 is 0 Å². The number of aryl methyl sites for hydroxylation is 2. The van der Waals surface area contributed by atoms with Crippen molar-refractivity contribution >= 4 is 34.1 Å². The van der Waals surface area contributed by atoms with Crippen LogP contribution in [0, 0.1) is 6.92 Å². The van der Waals surface area contributed by atoms with Gasteiger partial charge in [-0.3, -0.25) is 20.4 Å². The molecule has 2 heterocycles. The standard InChI is InChI=1S/C18H19N3O2S/c1-3-6-12-9-16(24-11(12)2)18(23)21-20-17(22)14-10-19-15-8-5-4-7-13(14)15/h4-5,7-10,19H,3,6H2,1-2H3,(H,20,22)(H,21,23). The molecular weight excluding hydrogens is 322 g/mol. The van der Waals surface area contributed by atoms with Gasteiger partial charge in [-0.25, -0.2) is 0 Å². The summed E-state index contributed by atoms with van der Waals surface area (Å²) in [7, 11) is 0. The number of rotatable bonds is 4. The number of H-pyrrole nitrogens is 1. The summed E-state index contributed by atoms with van der Waals surface area (Å²) in [6.07, 6.45) is 3.63. The van der Waals surface area contributed by atoms with Crippen LogP contribution in [0.15, 0.2) is 36.5 Å². The van der Waals surface area contributed by atoms with Gasteiger partial charge < -0.3 is 4.98 Å². The Morgan fingerprint density at radius 3 is 2.71 bits per heavy atom. The maximum Gasteiger partial charge on any atom is 0.279 e. The number of hydrazine groups is 1. The molecule has 0 radical (unpaired) electrons. The minimum absolute atomic E-state index is 0.293. The van der Waals surface area contributed by atoms with Crippen molar-refractivity contribution in [2.45, 2.75) is 26.7 Å². The molecule has 0 bridgehead atoms. The number of carbonyl (C=O) groups is 2. The molecule has 3 aromatic rings. The van der Waals surface area contributed by atoms with E-state index in [0.29, 0.717) is 10.4 Å². The van der Waals surface area contributed by atoms with E-state index in [9.17, 15) is 9.59 Å². The van der Waals surface area contributed by atoms with Crippen molar-refractivity contribution < 1.29 is 9.59 Å². The number of amides is 2. The molecule has 1 aromatic carbocycles. The zero-order valence-corrected chi connectivity index (χ0v) is 14.4. The highest BCUT2D eigenvalue weighted by Crippen LogP contribution is 2.22. The Morgan fingerprint density at radius 2 is 1.92 bits per heavy atom. The SMILES string of the molecule is CCCc1cc(C(=O)NNC(=O)c2c[nH]c3ccccc23)sc1C. The fraction of sp³-hybridized carbons (Fsp3) is 0.222. The second-order valence-electron chi connectivity index (χ2n) is 5.60. The smallest absolute Gasteiger partial charge is 0.279 e. The zero-order valence-electron chi connectivity index (χ0n) is 13.6. The normalized spacial score (nSPS) is 10.8. The van der Waals surface area contributed by atoms with Gasteiger partial charge in [-0.05, 0) is 31.0 Å². The lowest BCUT2D eigenvalue weighted by molar-refractivity contribution is 0.0850. The molecule has 124 valence electrons. The van der Waals surface area contributed by atoms with E-state index in [2.05, 4.69) is 22.8 Å². The number of hydrogen-bond acceptors (Lipinski definition) is 3. The maximum absolute atomic E-state index is 12.3. The molecule has 24 heavy (non-hydrogen) atoms. The van der Waals surface area contributed by atoms with Crippen molar-refractivity contribution in [3.63, 3.8) is 0 Å². The molecule has 0 unspecified atom stereocenters.